The molecule has 8 heteroatoms. The molecule has 1 aliphatic rings. The van der Waals surface area contributed by atoms with Crippen molar-refractivity contribution in [1.29, 1.82) is 0 Å². The lowest BCUT2D eigenvalue weighted by molar-refractivity contribution is -0.148. The van der Waals surface area contributed by atoms with Crippen LogP contribution in [0.15, 0.2) is 41.3 Å². The van der Waals surface area contributed by atoms with Crippen molar-refractivity contribution in [2.24, 2.45) is 0 Å². The highest BCUT2D eigenvalue weighted by Gasteiger charge is 2.28. The third-order valence-corrected chi connectivity index (χ3v) is 4.93. The molecule has 1 saturated heterocycles. The summed E-state index contributed by atoms with van der Waals surface area (Å²) in [7, 11) is 0. The van der Waals surface area contributed by atoms with Crippen LogP contribution in [0.3, 0.4) is 0 Å². The number of benzene rings is 2. The van der Waals surface area contributed by atoms with Crippen LogP contribution in [-0.2, 0) is 19.1 Å². The van der Waals surface area contributed by atoms with Gasteiger partial charge >= 0.3 is 12.1 Å². The molecule has 1 aliphatic heterocycles. The molecule has 1 fully saturated rings. The molecule has 0 saturated carbocycles. The van der Waals surface area contributed by atoms with E-state index in [9.17, 15) is 14.4 Å². The van der Waals surface area contributed by atoms with Crippen molar-refractivity contribution in [3.05, 3.63) is 41.4 Å². The van der Waals surface area contributed by atoms with Gasteiger partial charge in [-0.3, -0.25) is 9.59 Å². The number of nitrogens with zero attached hydrogens (tertiary/aromatic N) is 1. The van der Waals surface area contributed by atoms with Gasteiger partial charge in [0.2, 0.25) is 0 Å². The van der Waals surface area contributed by atoms with Crippen LogP contribution in [0.5, 0.6) is 0 Å². The van der Waals surface area contributed by atoms with Gasteiger partial charge < -0.3 is 9.47 Å². The molecule has 6 nitrogen and oxygen atoms in total. The minimum Gasteiger partial charge on any atom is -0.455 e. The number of rotatable bonds is 5. The second-order valence-electron chi connectivity index (χ2n) is 5.20. The van der Waals surface area contributed by atoms with Crippen LogP contribution in [0.2, 0.25) is 5.02 Å². The van der Waals surface area contributed by atoms with E-state index in [1.54, 1.807) is 6.07 Å². The molecule has 2 amide bonds. The maximum Gasteiger partial charge on any atom is 0.416 e. The van der Waals surface area contributed by atoms with Gasteiger partial charge in [0.15, 0.2) is 6.61 Å². The predicted molar refractivity (Wildman–Crippen MR) is 93.7 cm³/mol. The van der Waals surface area contributed by atoms with Crippen LogP contribution < -0.4 is 0 Å². The van der Waals surface area contributed by atoms with Crippen molar-refractivity contribution < 1.29 is 23.9 Å². The Morgan fingerprint density at radius 1 is 1.24 bits per heavy atom. The highest BCUT2D eigenvalue weighted by Crippen LogP contribution is 2.33. The van der Waals surface area contributed by atoms with Crippen LogP contribution in [0.25, 0.3) is 10.8 Å². The van der Waals surface area contributed by atoms with Crippen molar-refractivity contribution in [1.82, 2.24) is 4.90 Å². The van der Waals surface area contributed by atoms with E-state index in [0.29, 0.717) is 5.02 Å². The number of ether oxygens (including phenoxy) is 2. The number of carbonyl (C=O) groups is 3. The SMILES string of the molecule is O=C(CSc1cccc2cccc(Cl)c12)OCC(=O)N1CCOC1=O. The molecule has 0 aliphatic carbocycles. The number of imide groups is 1. The van der Waals surface area contributed by atoms with Crippen LogP contribution >= 0.6 is 23.4 Å². The molecule has 0 unspecified atom stereocenters. The van der Waals surface area contributed by atoms with Gasteiger partial charge in [-0.15, -0.1) is 11.8 Å². The first-order valence-corrected chi connectivity index (χ1v) is 8.85. The van der Waals surface area contributed by atoms with Gasteiger partial charge in [-0.1, -0.05) is 35.9 Å². The molecule has 2 aromatic rings. The summed E-state index contributed by atoms with van der Waals surface area (Å²) < 4.78 is 9.60. The molecular formula is C17H14ClNO5S. The normalized spacial score (nSPS) is 13.8. The summed E-state index contributed by atoms with van der Waals surface area (Å²) in [5.74, 6) is -1.11. The fourth-order valence-corrected chi connectivity index (χ4v) is 3.64. The zero-order chi connectivity index (χ0) is 17.8. The zero-order valence-electron chi connectivity index (χ0n) is 13.1. The molecular weight excluding hydrogens is 366 g/mol. The highest BCUT2D eigenvalue weighted by atomic mass is 35.5. The average molecular weight is 380 g/mol. The number of hydrogen-bond acceptors (Lipinski definition) is 6. The van der Waals surface area contributed by atoms with Crippen molar-refractivity contribution >= 4 is 52.1 Å². The number of fused-ring (bicyclic) bond motifs is 1. The fourth-order valence-electron chi connectivity index (χ4n) is 2.40. The lowest BCUT2D eigenvalue weighted by atomic mass is 10.1. The maximum absolute atomic E-state index is 11.9. The van der Waals surface area contributed by atoms with Gasteiger partial charge in [-0.2, -0.15) is 0 Å². The largest absolute Gasteiger partial charge is 0.455 e. The van der Waals surface area contributed by atoms with Crippen LogP contribution in [0.4, 0.5) is 4.79 Å². The Kier molecular flexibility index (Phi) is 5.45. The Bertz CT molecular complexity index is 836. The summed E-state index contributed by atoms with van der Waals surface area (Å²) in [6.07, 6.45) is -0.708. The van der Waals surface area contributed by atoms with Gasteiger partial charge in [-0.05, 0) is 17.5 Å². The Balaban J connectivity index is 1.56. The summed E-state index contributed by atoms with van der Waals surface area (Å²) in [5, 5.41) is 2.46. The Morgan fingerprint density at radius 3 is 2.72 bits per heavy atom. The minimum absolute atomic E-state index is 0.0298. The molecule has 1 heterocycles. The average Bonchev–Trinajstić information content (AvgIpc) is 3.04. The summed E-state index contributed by atoms with van der Waals surface area (Å²) >= 11 is 7.52. The summed E-state index contributed by atoms with van der Waals surface area (Å²) in [6, 6.07) is 11.3. The molecule has 0 bridgehead atoms. The Labute approximate surface area is 153 Å². The third-order valence-electron chi connectivity index (χ3n) is 3.58. The van der Waals surface area contributed by atoms with E-state index in [1.165, 1.54) is 11.8 Å². The topological polar surface area (TPSA) is 72.9 Å². The molecule has 130 valence electrons. The third kappa shape index (κ3) is 4.05. The first-order chi connectivity index (χ1) is 12.1. The van der Waals surface area contributed by atoms with Crippen molar-refractivity contribution in [3.63, 3.8) is 0 Å². The molecule has 0 aromatic heterocycles. The number of esters is 1. The lowest BCUT2D eigenvalue weighted by Crippen LogP contribution is -2.35. The standard InChI is InChI=1S/C17H14ClNO5S/c18-12-5-1-3-11-4-2-6-13(16(11)12)25-10-15(21)24-9-14(20)19-7-8-23-17(19)22/h1-6H,7-10H2. The van der Waals surface area contributed by atoms with E-state index in [1.807, 2.05) is 30.3 Å². The first kappa shape index (κ1) is 17.6. The number of thioether (sulfide) groups is 1. The molecule has 0 atom stereocenters. The molecule has 3 rings (SSSR count). The lowest BCUT2D eigenvalue weighted by Gasteiger charge is -2.11. The molecule has 0 N–H and O–H groups in total. The van der Waals surface area contributed by atoms with Gasteiger partial charge in [0, 0.05) is 15.3 Å². The van der Waals surface area contributed by atoms with Crippen LogP contribution in [0, 0.1) is 0 Å². The monoisotopic (exact) mass is 379 g/mol. The molecule has 0 radical (unpaired) electrons. The predicted octanol–water partition coefficient (Wildman–Crippen LogP) is 3.11. The van der Waals surface area contributed by atoms with Crippen LogP contribution in [-0.4, -0.2) is 48.4 Å². The minimum atomic E-state index is -0.708. The fraction of sp³-hybridized carbons (Fsp3) is 0.235. The van der Waals surface area contributed by atoms with Gasteiger partial charge in [0.25, 0.3) is 5.91 Å². The second-order valence-corrected chi connectivity index (χ2v) is 6.63. The van der Waals surface area contributed by atoms with Gasteiger partial charge in [-0.25, -0.2) is 9.69 Å². The summed E-state index contributed by atoms with van der Waals surface area (Å²) in [4.78, 5) is 36.7. The highest BCUT2D eigenvalue weighted by molar-refractivity contribution is 8.00. The van der Waals surface area contributed by atoms with Gasteiger partial charge in [0.1, 0.15) is 6.61 Å². The zero-order valence-corrected chi connectivity index (χ0v) is 14.6. The summed E-state index contributed by atoms with van der Waals surface area (Å²) in [5.41, 5.74) is 0. The smallest absolute Gasteiger partial charge is 0.416 e. The number of hydrogen-bond donors (Lipinski definition) is 0. The second kappa shape index (κ2) is 7.76. The van der Waals surface area contributed by atoms with Crippen LogP contribution in [0.1, 0.15) is 0 Å². The summed E-state index contributed by atoms with van der Waals surface area (Å²) in [6.45, 7) is -0.139. The van der Waals surface area contributed by atoms with E-state index in [2.05, 4.69) is 4.74 Å². The number of amides is 2. The quantitative estimate of drug-likeness (QED) is 0.587. The number of carbonyl (C=O) groups excluding carboxylic acids is 3. The van der Waals surface area contributed by atoms with E-state index in [0.717, 1.165) is 20.6 Å². The van der Waals surface area contributed by atoms with Crippen molar-refractivity contribution in [2.75, 3.05) is 25.5 Å². The van der Waals surface area contributed by atoms with Crippen molar-refractivity contribution in [3.8, 4) is 0 Å². The van der Waals surface area contributed by atoms with Gasteiger partial charge in [0.05, 0.1) is 12.3 Å². The van der Waals surface area contributed by atoms with E-state index < -0.39 is 24.6 Å². The van der Waals surface area contributed by atoms with E-state index >= 15 is 0 Å². The molecule has 2 aromatic carbocycles. The Hall–Kier alpha value is -2.25. The molecule has 0 spiro atoms. The van der Waals surface area contributed by atoms with E-state index in [4.69, 9.17) is 16.3 Å². The van der Waals surface area contributed by atoms with Crippen molar-refractivity contribution in [2.45, 2.75) is 4.90 Å². The number of halogens is 1. The number of cyclic esters (lactones) is 1. The molecule has 25 heavy (non-hydrogen) atoms. The van der Waals surface area contributed by atoms with E-state index in [-0.39, 0.29) is 18.9 Å². The first-order valence-electron chi connectivity index (χ1n) is 7.49. The Morgan fingerprint density at radius 2 is 2.00 bits per heavy atom. The maximum atomic E-state index is 11.9.